The van der Waals surface area contributed by atoms with E-state index in [0.717, 1.165) is 5.82 Å². The largest absolute Gasteiger partial charge is 0.221 e. The van der Waals surface area contributed by atoms with Gasteiger partial charge in [0.1, 0.15) is 15.5 Å². The lowest BCUT2D eigenvalue weighted by molar-refractivity contribution is 0.697. The second-order valence-electron chi connectivity index (χ2n) is 6.33. The van der Waals surface area contributed by atoms with Crippen LogP contribution in [0.15, 0.2) is 41.4 Å². The Labute approximate surface area is 193 Å². The second-order valence-corrected chi connectivity index (χ2v) is 7.49. The van der Waals surface area contributed by atoms with Crippen molar-refractivity contribution in [2.45, 2.75) is 48.5 Å². The fraction of sp³-hybridized carbons (Fsp3) is 0.400. The summed E-state index contributed by atoms with van der Waals surface area (Å²) >= 11 is 17.4. The van der Waals surface area contributed by atoms with Crippen molar-refractivity contribution in [3.63, 3.8) is 0 Å². The van der Waals surface area contributed by atoms with E-state index in [0.29, 0.717) is 27.1 Å². The summed E-state index contributed by atoms with van der Waals surface area (Å²) in [5, 5.41) is 12.8. The van der Waals surface area contributed by atoms with Crippen LogP contribution < -0.4 is 0 Å². The van der Waals surface area contributed by atoms with Crippen molar-refractivity contribution < 1.29 is 0 Å². The average molecular weight is 473 g/mol. The highest BCUT2D eigenvalue weighted by Gasteiger charge is 2.12. The van der Waals surface area contributed by atoms with Gasteiger partial charge in [-0.1, -0.05) is 89.5 Å². The lowest BCUT2D eigenvalue weighted by Gasteiger charge is -2.05. The standard InChI is InChI=1S/C9H10Cl2N2.C9H10ClN5.2CH4/c1-6(2)9(11)13-8-5-3-4-7(10)12-8;1-6(2)9-12-13-14-15(9)8-5-3-4-7(10)11-8;;/h3-6H,1-2H3;3-6H,1-2H3;2*1H4. The van der Waals surface area contributed by atoms with Crippen LogP contribution >= 0.6 is 34.8 Å². The summed E-state index contributed by atoms with van der Waals surface area (Å²) in [5.74, 6) is 2.40. The maximum absolute atomic E-state index is 5.87. The Bertz CT molecular complexity index is 939. The molecule has 0 saturated carbocycles. The minimum Gasteiger partial charge on any atom is -0.221 e. The highest BCUT2D eigenvalue weighted by molar-refractivity contribution is 6.66. The molecule has 0 aromatic carbocycles. The van der Waals surface area contributed by atoms with Crippen molar-refractivity contribution in [1.82, 2.24) is 30.2 Å². The molecular formula is C20H28Cl3N7. The van der Waals surface area contributed by atoms with Crippen molar-refractivity contribution in [2.24, 2.45) is 10.9 Å². The number of tetrazole rings is 1. The summed E-state index contributed by atoms with van der Waals surface area (Å²) in [6, 6.07) is 10.6. The maximum atomic E-state index is 5.87. The van der Waals surface area contributed by atoms with Crippen molar-refractivity contribution in [2.75, 3.05) is 0 Å². The van der Waals surface area contributed by atoms with Gasteiger partial charge in [0, 0.05) is 11.8 Å². The number of pyridine rings is 2. The third kappa shape index (κ3) is 8.34. The van der Waals surface area contributed by atoms with E-state index in [1.807, 2.05) is 39.8 Å². The van der Waals surface area contributed by atoms with E-state index in [4.69, 9.17) is 34.8 Å². The first-order chi connectivity index (χ1) is 13.3. The zero-order valence-electron chi connectivity index (χ0n) is 15.9. The summed E-state index contributed by atoms with van der Waals surface area (Å²) in [7, 11) is 0. The summed E-state index contributed by atoms with van der Waals surface area (Å²) in [6.07, 6.45) is 0. The number of hydrogen-bond acceptors (Lipinski definition) is 6. The van der Waals surface area contributed by atoms with Crippen LogP contribution in [0.3, 0.4) is 0 Å². The van der Waals surface area contributed by atoms with Crippen molar-refractivity contribution in [1.29, 1.82) is 0 Å². The Balaban J connectivity index is 0.000000531. The van der Waals surface area contributed by atoms with Crippen LogP contribution in [0.25, 0.3) is 5.82 Å². The van der Waals surface area contributed by atoms with E-state index in [1.165, 1.54) is 0 Å². The fourth-order valence-electron chi connectivity index (χ4n) is 1.93. The molecule has 0 aliphatic heterocycles. The summed E-state index contributed by atoms with van der Waals surface area (Å²) in [4.78, 5) is 12.2. The Kier molecular flexibility index (Phi) is 12.3. The zero-order valence-corrected chi connectivity index (χ0v) is 18.2. The molecule has 0 aliphatic carbocycles. The average Bonchev–Trinajstić information content (AvgIpc) is 3.12. The van der Waals surface area contributed by atoms with Crippen LogP contribution in [-0.4, -0.2) is 35.3 Å². The molecular weight excluding hydrogens is 445 g/mol. The maximum Gasteiger partial charge on any atom is 0.161 e. The molecule has 3 rings (SSSR count). The first-order valence-corrected chi connectivity index (χ1v) is 9.69. The molecule has 3 aromatic rings. The zero-order chi connectivity index (χ0) is 20.7. The molecule has 0 amide bonds. The van der Waals surface area contributed by atoms with Crippen LogP contribution in [0.2, 0.25) is 10.3 Å². The smallest absolute Gasteiger partial charge is 0.161 e. The fourth-order valence-corrected chi connectivity index (χ4v) is 2.34. The highest BCUT2D eigenvalue weighted by Crippen LogP contribution is 2.16. The molecule has 0 fully saturated rings. The monoisotopic (exact) mass is 471 g/mol. The van der Waals surface area contributed by atoms with E-state index in [2.05, 4.69) is 30.5 Å². The number of halogens is 3. The third-order valence-corrected chi connectivity index (χ3v) is 4.27. The predicted molar refractivity (Wildman–Crippen MR) is 127 cm³/mol. The van der Waals surface area contributed by atoms with E-state index in [1.54, 1.807) is 28.9 Å². The number of aromatic nitrogens is 6. The lowest BCUT2D eigenvalue weighted by atomic mass is 10.2. The Morgan fingerprint density at radius 2 is 1.53 bits per heavy atom. The molecule has 0 N–H and O–H groups in total. The molecule has 164 valence electrons. The van der Waals surface area contributed by atoms with Crippen LogP contribution in [0.1, 0.15) is 54.3 Å². The van der Waals surface area contributed by atoms with Gasteiger partial charge in [-0.05, 0) is 34.7 Å². The third-order valence-electron chi connectivity index (χ3n) is 3.33. The van der Waals surface area contributed by atoms with Crippen LogP contribution in [0.4, 0.5) is 5.82 Å². The number of rotatable bonds is 4. The van der Waals surface area contributed by atoms with Gasteiger partial charge in [-0.2, -0.15) is 4.68 Å². The SMILES string of the molecule is C.C.CC(C)C(Cl)=Nc1cccc(Cl)n1.CC(C)c1nnnn1-c1cccc(Cl)n1. The highest BCUT2D eigenvalue weighted by atomic mass is 35.5. The molecule has 0 bridgehead atoms. The molecule has 0 unspecified atom stereocenters. The van der Waals surface area contributed by atoms with E-state index in [-0.39, 0.29) is 26.7 Å². The molecule has 3 aromatic heterocycles. The minimum absolute atomic E-state index is 0. The first kappa shape index (κ1) is 27.9. The summed E-state index contributed by atoms with van der Waals surface area (Å²) in [6.45, 7) is 7.98. The van der Waals surface area contributed by atoms with E-state index < -0.39 is 0 Å². The van der Waals surface area contributed by atoms with Gasteiger partial charge in [-0.15, -0.1) is 5.10 Å². The van der Waals surface area contributed by atoms with Gasteiger partial charge in [0.05, 0.1) is 0 Å². The van der Waals surface area contributed by atoms with Gasteiger partial charge >= 0.3 is 0 Å². The lowest BCUT2D eigenvalue weighted by Crippen LogP contribution is -2.06. The van der Waals surface area contributed by atoms with Crippen LogP contribution in [0, 0.1) is 5.92 Å². The topological polar surface area (TPSA) is 81.7 Å². The molecule has 10 heteroatoms. The van der Waals surface area contributed by atoms with Crippen LogP contribution in [-0.2, 0) is 0 Å². The number of hydrogen-bond donors (Lipinski definition) is 0. The molecule has 0 radical (unpaired) electrons. The van der Waals surface area contributed by atoms with Gasteiger partial charge in [-0.3, -0.25) is 0 Å². The van der Waals surface area contributed by atoms with Crippen molar-refractivity contribution >= 4 is 45.8 Å². The Morgan fingerprint density at radius 3 is 2.07 bits per heavy atom. The summed E-state index contributed by atoms with van der Waals surface area (Å²) in [5.41, 5.74) is 0. The minimum atomic E-state index is 0. The molecule has 0 atom stereocenters. The molecule has 0 spiro atoms. The van der Waals surface area contributed by atoms with Gasteiger partial charge in [0.15, 0.2) is 17.5 Å². The quantitative estimate of drug-likeness (QED) is 0.309. The predicted octanol–water partition coefficient (Wildman–Crippen LogP) is 6.77. The van der Waals surface area contributed by atoms with Crippen molar-refractivity contribution in [3.8, 4) is 5.82 Å². The molecule has 30 heavy (non-hydrogen) atoms. The first-order valence-electron chi connectivity index (χ1n) is 8.55. The number of aliphatic imine (C=N–C) groups is 1. The normalized spacial score (nSPS) is 10.8. The van der Waals surface area contributed by atoms with Gasteiger partial charge in [0.2, 0.25) is 0 Å². The van der Waals surface area contributed by atoms with Gasteiger partial charge in [0.25, 0.3) is 0 Å². The van der Waals surface area contributed by atoms with Crippen molar-refractivity contribution in [3.05, 3.63) is 52.5 Å². The van der Waals surface area contributed by atoms with Gasteiger partial charge < -0.3 is 0 Å². The Morgan fingerprint density at radius 1 is 0.933 bits per heavy atom. The molecule has 7 nitrogen and oxygen atoms in total. The molecule has 0 saturated heterocycles. The van der Waals surface area contributed by atoms with E-state index in [9.17, 15) is 0 Å². The molecule has 0 aliphatic rings. The molecule has 3 heterocycles. The van der Waals surface area contributed by atoms with Crippen LogP contribution in [0.5, 0.6) is 0 Å². The Hall–Kier alpha value is -2.09. The van der Waals surface area contributed by atoms with Gasteiger partial charge in [-0.25, -0.2) is 15.0 Å². The van der Waals surface area contributed by atoms with E-state index >= 15 is 0 Å². The number of nitrogens with zero attached hydrogens (tertiary/aromatic N) is 7. The summed E-state index contributed by atoms with van der Waals surface area (Å²) < 4.78 is 1.59. The second kappa shape index (κ2) is 13.3.